The summed E-state index contributed by atoms with van der Waals surface area (Å²) in [5, 5.41) is 10.1. The average Bonchev–Trinajstić information content (AvgIpc) is 3.04. The van der Waals surface area contributed by atoms with Crippen LogP contribution in [0.4, 0.5) is 0 Å². The topological polar surface area (TPSA) is 79.7 Å². The third-order valence-electron chi connectivity index (χ3n) is 4.90. The molecule has 1 saturated heterocycles. The SMILES string of the molecule is CCOc1ccc(-c2nc(C)c(C(=O)N3CC(C(=O)O)CCC3C)s2)cc1. The Morgan fingerprint density at radius 2 is 2.00 bits per heavy atom. The molecule has 6 nitrogen and oxygen atoms in total. The summed E-state index contributed by atoms with van der Waals surface area (Å²) in [4.78, 5) is 31.2. The standard InChI is InChI=1S/C20H24N2O4S/c1-4-26-16-9-7-14(8-10-16)18-21-13(3)17(27-18)19(23)22-11-15(20(24)25)6-5-12(22)2/h7-10,12,15H,4-6,11H2,1-3H3,(H,24,25). The predicted octanol–water partition coefficient (Wildman–Crippen LogP) is 3.84. The van der Waals surface area contributed by atoms with Crippen molar-refractivity contribution in [2.24, 2.45) is 5.92 Å². The fraction of sp³-hybridized carbons (Fsp3) is 0.450. The van der Waals surface area contributed by atoms with Gasteiger partial charge in [-0.2, -0.15) is 0 Å². The van der Waals surface area contributed by atoms with Gasteiger partial charge in [0, 0.05) is 18.2 Å². The van der Waals surface area contributed by atoms with Crippen LogP contribution in [0.2, 0.25) is 0 Å². The number of hydrogen-bond donors (Lipinski definition) is 1. The fourth-order valence-electron chi connectivity index (χ4n) is 3.30. The number of ether oxygens (including phenoxy) is 1. The molecule has 3 rings (SSSR count). The highest BCUT2D eigenvalue weighted by Crippen LogP contribution is 2.32. The van der Waals surface area contributed by atoms with Crippen LogP contribution in [-0.2, 0) is 4.79 Å². The van der Waals surface area contributed by atoms with Gasteiger partial charge in [-0.1, -0.05) is 0 Å². The van der Waals surface area contributed by atoms with Crippen LogP contribution in [0, 0.1) is 12.8 Å². The Labute approximate surface area is 162 Å². The fourth-order valence-corrected chi connectivity index (χ4v) is 4.33. The molecule has 1 aliphatic rings. The number of carboxylic acid groups (broad SMARTS) is 1. The molecule has 2 atom stereocenters. The van der Waals surface area contributed by atoms with Crippen molar-refractivity contribution in [1.29, 1.82) is 0 Å². The molecule has 2 unspecified atom stereocenters. The van der Waals surface area contributed by atoms with Gasteiger partial charge in [0.25, 0.3) is 5.91 Å². The second-order valence-corrected chi connectivity index (χ2v) is 7.81. The number of likely N-dealkylation sites (tertiary alicyclic amines) is 1. The first kappa shape index (κ1) is 19.4. The molecule has 1 amide bonds. The Morgan fingerprint density at radius 3 is 2.63 bits per heavy atom. The minimum absolute atomic E-state index is 0.0310. The summed E-state index contributed by atoms with van der Waals surface area (Å²) in [5.41, 5.74) is 1.61. The van der Waals surface area contributed by atoms with Crippen LogP contribution in [0.1, 0.15) is 42.1 Å². The number of carbonyl (C=O) groups excluding carboxylic acids is 1. The molecule has 1 aromatic heterocycles. The molecule has 0 radical (unpaired) electrons. The van der Waals surface area contributed by atoms with Crippen LogP contribution in [0.25, 0.3) is 10.6 Å². The first-order valence-electron chi connectivity index (χ1n) is 9.15. The Hall–Kier alpha value is -2.41. The first-order valence-corrected chi connectivity index (χ1v) is 9.96. The lowest BCUT2D eigenvalue weighted by atomic mass is 9.93. The summed E-state index contributed by atoms with van der Waals surface area (Å²) < 4.78 is 5.46. The molecular formula is C20H24N2O4S. The Kier molecular flexibility index (Phi) is 5.79. The molecule has 1 fully saturated rings. The molecule has 7 heteroatoms. The van der Waals surface area contributed by atoms with Crippen molar-refractivity contribution in [2.45, 2.75) is 39.7 Å². The lowest BCUT2D eigenvalue weighted by Gasteiger charge is -2.36. The van der Waals surface area contributed by atoms with E-state index < -0.39 is 11.9 Å². The molecule has 0 bridgehead atoms. The molecule has 2 aromatic rings. The molecule has 27 heavy (non-hydrogen) atoms. The van der Waals surface area contributed by atoms with E-state index in [9.17, 15) is 14.7 Å². The van der Waals surface area contributed by atoms with E-state index in [0.717, 1.165) is 16.3 Å². The van der Waals surface area contributed by atoms with E-state index in [0.29, 0.717) is 30.0 Å². The van der Waals surface area contributed by atoms with Crippen molar-refractivity contribution in [3.8, 4) is 16.3 Å². The van der Waals surface area contributed by atoms with E-state index in [1.54, 1.807) is 4.90 Å². The Balaban J connectivity index is 1.82. The Morgan fingerprint density at radius 1 is 1.30 bits per heavy atom. The minimum atomic E-state index is -0.837. The van der Waals surface area contributed by atoms with Gasteiger partial charge in [-0.3, -0.25) is 9.59 Å². The maximum atomic E-state index is 13.1. The highest BCUT2D eigenvalue weighted by atomic mass is 32.1. The van der Waals surface area contributed by atoms with Crippen molar-refractivity contribution in [2.75, 3.05) is 13.2 Å². The monoisotopic (exact) mass is 388 g/mol. The zero-order chi connectivity index (χ0) is 19.6. The lowest BCUT2D eigenvalue weighted by molar-refractivity contribution is -0.143. The number of piperidine rings is 1. The van der Waals surface area contributed by atoms with Crippen LogP contribution in [0.3, 0.4) is 0 Å². The van der Waals surface area contributed by atoms with Crippen molar-refractivity contribution in [3.05, 3.63) is 34.8 Å². The largest absolute Gasteiger partial charge is 0.494 e. The van der Waals surface area contributed by atoms with Gasteiger partial charge in [-0.15, -0.1) is 11.3 Å². The molecule has 144 valence electrons. The molecular weight excluding hydrogens is 364 g/mol. The summed E-state index contributed by atoms with van der Waals surface area (Å²) in [6.45, 7) is 6.60. The van der Waals surface area contributed by atoms with Gasteiger partial charge in [-0.05, 0) is 57.9 Å². The molecule has 1 N–H and O–H groups in total. The van der Waals surface area contributed by atoms with Crippen molar-refractivity contribution in [1.82, 2.24) is 9.88 Å². The van der Waals surface area contributed by atoms with Crippen LogP contribution >= 0.6 is 11.3 Å². The molecule has 0 saturated carbocycles. The van der Waals surface area contributed by atoms with Crippen LogP contribution < -0.4 is 4.74 Å². The molecule has 0 spiro atoms. The van der Waals surface area contributed by atoms with Crippen molar-refractivity contribution < 1.29 is 19.4 Å². The molecule has 0 aliphatic carbocycles. The number of thiazole rings is 1. The quantitative estimate of drug-likeness (QED) is 0.842. The average molecular weight is 388 g/mol. The number of hydrogen-bond acceptors (Lipinski definition) is 5. The summed E-state index contributed by atoms with van der Waals surface area (Å²) >= 11 is 1.35. The van der Waals surface area contributed by atoms with Gasteiger partial charge < -0.3 is 14.7 Å². The zero-order valence-corrected chi connectivity index (χ0v) is 16.6. The molecule has 1 aromatic carbocycles. The van der Waals surface area contributed by atoms with E-state index in [2.05, 4.69) is 4.98 Å². The van der Waals surface area contributed by atoms with Gasteiger partial charge >= 0.3 is 5.97 Å². The van der Waals surface area contributed by atoms with E-state index in [4.69, 9.17) is 4.74 Å². The number of carboxylic acids is 1. The normalized spacial score (nSPS) is 19.7. The van der Waals surface area contributed by atoms with Gasteiger partial charge in [0.1, 0.15) is 15.6 Å². The Bertz CT molecular complexity index is 831. The smallest absolute Gasteiger partial charge is 0.308 e. The van der Waals surface area contributed by atoms with Crippen molar-refractivity contribution >= 4 is 23.2 Å². The number of amides is 1. The number of aromatic nitrogens is 1. The van der Waals surface area contributed by atoms with Gasteiger partial charge in [0.15, 0.2) is 0 Å². The van der Waals surface area contributed by atoms with Crippen molar-refractivity contribution in [3.63, 3.8) is 0 Å². The van der Waals surface area contributed by atoms with E-state index >= 15 is 0 Å². The first-order chi connectivity index (χ1) is 12.9. The number of aryl methyl sites for hydroxylation is 1. The highest BCUT2D eigenvalue weighted by Gasteiger charge is 2.34. The van der Waals surface area contributed by atoms with Gasteiger partial charge in [0.2, 0.25) is 0 Å². The predicted molar refractivity (Wildman–Crippen MR) is 104 cm³/mol. The minimum Gasteiger partial charge on any atom is -0.494 e. The number of rotatable bonds is 5. The van der Waals surface area contributed by atoms with Crippen LogP contribution in [-0.4, -0.2) is 46.1 Å². The number of nitrogens with zero attached hydrogens (tertiary/aromatic N) is 2. The van der Waals surface area contributed by atoms with E-state index in [1.807, 2.05) is 45.0 Å². The van der Waals surface area contributed by atoms with E-state index in [-0.39, 0.29) is 18.5 Å². The third kappa shape index (κ3) is 4.13. The zero-order valence-electron chi connectivity index (χ0n) is 15.8. The number of carbonyl (C=O) groups is 2. The number of aliphatic carboxylic acids is 1. The second-order valence-electron chi connectivity index (χ2n) is 6.81. The third-order valence-corrected chi connectivity index (χ3v) is 6.09. The highest BCUT2D eigenvalue weighted by molar-refractivity contribution is 7.17. The number of benzene rings is 1. The van der Waals surface area contributed by atoms with Crippen LogP contribution in [0.5, 0.6) is 5.75 Å². The summed E-state index contributed by atoms with van der Waals surface area (Å²) in [6, 6.07) is 7.68. The maximum absolute atomic E-state index is 13.1. The molecule has 2 heterocycles. The maximum Gasteiger partial charge on any atom is 0.308 e. The molecule has 1 aliphatic heterocycles. The van der Waals surface area contributed by atoms with Gasteiger partial charge in [-0.25, -0.2) is 4.98 Å². The summed E-state index contributed by atoms with van der Waals surface area (Å²) in [6.07, 6.45) is 1.31. The summed E-state index contributed by atoms with van der Waals surface area (Å²) in [7, 11) is 0. The lowest BCUT2D eigenvalue weighted by Crippen LogP contribution is -2.47. The summed E-state index contributed by atoms with van der Waals surface area (Å²) in [5.74, 6) is -0.659. The van der Waals surface area contributed by atoms with Crippen LogP contribution in [0.15, 0.2) is 24.3 Å². The second kappa shape index (κ2) is 8.08. The van der Waals surface area contributed by atoms with Gasteiger partial charge in [0.05, 0.1) is 18.2 Å². The van der Waals surface area contributed by atoms with E-state index in [1.165, 1.54) is 11.3 Å².